The van der Waals surface area contributed by atoms with Crippen molar-refractivity contribution < 1.29 is 14.6 Å². The van der Waals surface area contributed by atoms with Gasteiger partial charge in [-0.2, -0.15) is 0 Å². The molecule has 0 unspecified atom stereocenters. The van der Waals surface area contributed by atoms with Gasteiger partial charge in [-0.3, -0.25) is 10.1 Å². The topological polar surface area (TPSA) is 70.6 Å². The van der Waals surface area contributed by atoms with Crippen LogP contribution in [0, 0.1) is 13.8 Å². The number of hydrogen-bond acceptors (Lipinski definition) is 4. The monoisotopic (exact) mass is 458 g/mol. The van der Waals surface area contributed by atoms with Crippen molar-refractivity contribution in [2.45, 2.75) is 13.8 Å². The maximum atomic E-state index is 12.8. The first-order valence-electron chi connectivity index (χ1n) is 8.49. The van der Waals surface area contributed by atoms with E-state index in [-0.39, 0.29) is 10.9 Å². The summed E-state index contributed by atoms with van der Waals surface area (Å²) in [4.78, 5) is 12.8. The number of halogens is 1. The van der Waals surface area contributed by atoms with Gasteiger partial charge in [0.05, 0.1) is 22.8 Å². The molecule has 0 aromatic heterocycles. The molecule has 0 radical (unpaired) electrons. The number of methoxy groups -OCH3 is 1. The Bertz CT molecular complexity index is 1100. The predicted molar refractivity (Wildman–Crippen MR) is 119 cm³/mol. The Morgan fingerprint density at radius 2 is 1.82 bits per heavy atom. The van der Waals surface area contributed by atoms with Crippen molar-refractivity contribution in [2.24, 2.45) is 0 Å². The molecule has 3 rings (SSSR count). The van der Waals surface area contributed by atoms with E-state index in [2.05, 4.69) is 26.6 Å². The van der Waals surface area contributed by atoms with Crippen LogP contribution in [0.3, 0.4) is 0 Å². The van der Waals surface area contributed by atoms with E-state index in [0.717, 1.165) is 21.9 Å². The van der Waals surface area contributed by atoms with Gasteiger partial charge in [-0.15, -0.1) is 0 Å². The number of carbonyl (C=O) groups is 1. The number of phenolic OH excluding ortho intramolecular Hbond substituents is 1. The molecule has 0 heterocycles. The highest BCUT2D eigenvalue weighted by Gasteiger charge is 2.19. The van der Waals surface area contributed by atoms with E-state index in [0.29, 0.717) is 21.5 Å². The van der Waals surface area contributed by atoms with Crippen LogP contribution < -0.4 is 15.4 Å². The van der Waals surface area contributed by atoms with Gasteiger partial charge in [0.25, 0.3) is 5.91 Å². The quantitative estimate of drug-likeness (QED) is 0.377. The third kappa shape index (κ3) is 3.95. The minimum atomic E-state index is -0.413. The lowest BCUT2D eigenvalue weighted by atomic mass is 10.1. The van der Waals surface area contributed by atoms with Crippen molar-refractivity contribution in [3.05, 3.63) is 63.6 Å². The van der Waals surface area contributed by atoms with Gasteiger partial charge in [-0.25, -0.2) is 0 Å². The van der Waals surface area contributed by atoms with Gasteiger partial charge in [-0.05, 0) is 82.1 Å². The summed E-state index contributed by atoms with van der Waals surface area (Å²) >= 11 is 8.77. The van der Waals surface area contributed by atoms with Crippen LogP contribution >= 0.6 is 28.1 Å². The number of carbonyl (C=O) groups excluding carboxylic acids is 1. The Morgan fingerprint density at radius 1 is 1.14 bits per heavy atom. The number of anilines is 1. The Hall–Kier alpha value is -2.64. The molecule has 0 fully saturated rings. The highest BCUT2D eigenvalue weighted by molar-refractivity contribution is 9.10. The molecule has 0 saturated carbocycles. The second kappa shape index (κ2) is 8.16. The fraction of sp³-hybridized carbons (Fsp3) is 0.143. The van der Waals surface area contributed by atoms with Crippen LogP contribution in [0.4, 0.5) is 5.69 Å². The van der Waals surface area contributed by atoms with Crippen LogP contribution in [0.5, 0.6) is 11.5 Å². The maximum absolute atomic E-state index is 12.8. The summed E-state index contributed by atoms with van der Waals surface area (Å²) in [7, 11) is 1.51. The molecule has 3 aromatic rings. The SMILES string of the molecule is COc1c(C(=O)NC(=S)Nc2cc(C)c(C)cc2O)cc2ccccc2c1Br. The van der Waals surface area contributed by atoms with E-state index in [9.17, 15) is 9.90 Å². The number of aryl methyl sites for hydroxylation is 2. The van der Waals surface area contributed by atoms with Gasteiger partial charge >= 0.3 is 0 Å². The Labute approximate surface area is 176 Å². The lowest BCUT2D eigenvalue weighted by Crippen LogP contribution is -2.34. The van der Waals surface area contributed by atoms with Gasteiger partial charge < -0.3 is 15.2 Å². The standard InChI is InChI=1S/C21H19BrN2O3S/c1-11-8-16(17(25)9-12(11)2)23-21(28)24-20(26)15-10-13-6-4-5-7-14(13)18(22)19(15)27-3/h4-10,25H,1-3H3,(H2,23,24,26,28). The van der Waals surface area contributed by atoms with Gasteiger partial charge in [0.2, 0.25) is 0 Å². The number of rotatable bonds is 3. The van der Waals surface area contributed by atoms with Crippen LogP contribution in [-0.4, -0.2) is 23.2 Å². The zero-order chi connectivity index (χ0) is 20.4. The molecule has 5 nitrogen and oxygen atoms in total. The van der Waals surface area contributed by atoms with Crippen molar-refractivity contribution in [1.82, 2.24) is 5.32 Å². The second-order valence-electron chi connectivity index (χ2n) is 6.35. The smallest absolute Gasteiger partial charge is 0.261 e. The number of amides is 1. The van der Waals surface area contributed by atoms with Crippen LogP contribution in [0.15, 0.2) is 46.9 Å². The van der Waals surface area contributed by atoms with E-state index in [1.807, 2.05) is 38.1 Å². The number of nitrogens with one attached hydrogen (secondary N) is 2. The zero-order valence-electron chi connectivity index (χ0n) is 15.6. The van der Waals surface area contributed by atoms with Gasteiger partial charge in [0, 0.05) is 0 Å². The zero-order valence-corrected chi connectivity index (χ0v) is 18.0. The van der Waals surface area contributed by atoms with Crippen molar-refractivity contribution in [3.8, 4) is 11.5 Å². The Morgan fingerprint density at radius 3 is 2.54 bits per heavy atom. The molecule has 3 aromatic carbocycles. The third-order valence-electron chi connectivity index (χ3n) is 4.48. The summed E-state index contributed by atoms with van der Waals surface area (Å²) < 4.78 is 6.14. The average molecular weight is 459 g/mol. The number of benzene rings is 3. The first-order chi connectivity index (χ1) is 13.3. The molecule has 144 valence electrons. The summed E-state index contributed by atoms with van der Waals surface area (Å²) in [5.41, 5.74) is 2.74. The number of aromatic hydroxyl groups is 1. The fourth-order valence-corrected chi connectivity index (χ4v) is 3.82. The molecule has 0 atom stereocenters. The first-order valence-corrected chi connectivity index (χ1v) is 9.69. The van der Waals surface area contributed by atoms with Gasteiger partial charge in [0.15, 0.2) is 5.11 Å². The normalized spacial score (nSPS) is 10.6. The maximum Gasteiger partial charge on any atom is 0.261 e. The molecule has 1 amide bonds. The third-order valence-corrected chi connectivity index (χ3v) is 5.47. The Kier molecular flexibility index (Phi) is 5.86. The number of thiocarbonyl (C=S) groups is 1. The predicted octanol–water partition coefficient (Wildman–Crippen LogP) is 5.06. The van der Waals surface area contributed by atoms with E-state index < -0.39 is 5.91 Å². The molecule has 28 heavy (non-hydrogen) atoms. The lowest BCUT2D eigenvalue weighted by molar-refractivity contribution is 0.0975. The molecule has 0 saturated heterocycles. The molecule has 0 aliphatic rings. The minimum absolute atomic E-state index is 0.0609. The molecule has 0 bridgehead atoms. The lowest BCUT2D eigenvalue weighted by Gasteiger charge is -2.15. The summed E-state index contributed by atoms with van der Waals surface area (Å²) in [5, 5.41) is 17.5. The highest BCUT2D eigenvalue weighted by atomic mass is 79.9. The number of ether oxygens (including phenoxy) is 1. The summed E-state index contributed by atoms with van der Waals surface area (Å²) in [6.45, 7) is 3.84. The first kappa shape index (κ1) is 20.1. The average Bonchev–Trinajstić information content (AvgIpc) is 2.66. The summed E-state index contributed by atoms with van der Waals surface area (Å²) in [6.07, 6.45) is 0. The van der Waals surface area contributed by atoms with Gasteiger partial charge in [0.1, 0.15) is 11.5 Å². The number of hydrogen-bond donors (Lipinski definition) is 3. The molecule has 0 aliphatic carbocycles. The van der Waals surface area contributed by atoms with Crippen molar-refractivity contribution >= 4 is 55.6 Å². The van der Waals surface area contributed by atoms with Gasteiger partial charge in [-0.1, -0.05) is 24.3 Å². The second-order valence-corrected chi connectivity index (χ2v) is 7.56. The molecular formula is C21H19BrN2O3S. The van der Waals surface area contributed by atoms with E-state index >= 15 is 0 Å². The van der Waals surface area contributed by atoms with E-state index in [1.54, 1.807) is 18.2 Å². The summed E-state index contributed by atoms with van der Waals surface area (Å²) in [6, 6.07) is 12.9. The molecular weight excluding hydrogens is 440 g/mol. The van der Waals surface area contributed by atoms with Crippen molar-refractivity contribution in [3.63, 3.8) is 0 Å². The van der Waals surface area contributed by atoms with E-state index in [4.69, 9.17) is 17.0 Å². The Balaban J connectivity index is 1.87. The molecule has 3 N–H and O–H groups in total. The van der Waals surface area contributed by atoms with Crippen LogP contribution in [0.25, 0.3) is 10.8 Å². The number of phenols is 1. The summed E-state index contributed by atoms with van der Waals surface area (Å²) in [5.74, 6) is 0.0721. The minimum Gasteiger partial charge on any atom is -0.506 e. The van der Waals surface area contributed by atoms with Crippen LogP contribution in [-0.2, 0) is 0 Å². The van der Waals surface area contributed by atoms with E-state index in [1.165, 1.54) is 7.11 Å². The molecule has 0 spiro atoms. The van der Waals surface area contributed by atoms with Crippen molar-refractivity contribution in [1.29, 1.82) is 0 Å². The van der Waals surface area contributed by atoms with Crippen LogP contribution in [0.2, 0.25) is 0 Å². The fourth-order valence-electron chi connectivity index (χ4n) is 2.88. The van der Waals surface area contributed by atoms with Crippen LogP contribution in [0.1, 0.15) is 21.5 Å². The van der Waals surface area contributed by atoms with Crippen molar-refractivity contribution in [2.75, 3.05) is 12.4 Å². The number of fused-ring (bicyclic) bond motifs is 1. The largest absolute Gasteiger partial charge is 0.506 e. The molecule has 0 aliphatic heterocycles. The molecule has 7 heteroatoms. The highest BCUT2D eigenvalue weighted by Crippen LogP contribution is 2.36.